The molecule has 0 aromatic heterocycles. The summed E-state index contributed by atoms with van der Waals surface area (Å²) in [5.41, 5.74) is -3.44. The number of hydrogen-bond donors (Lipinski definition) is 1. The SMILES string of the molecule is COc1ccc(/C=C(\[N+](=O)[O-])C2(O)C(=O)c3ccccc3C2=O)cc1. The van der Waals surface area contributed by atoms with Gasteiger partial charge in [-0.1, -0.05) is 36.4 Å². The zero-order valence-electron chi connectivity index (χ0n) is 13.1. The number of ether oxygens (including phenoxy) is 1. The van der Waals surface area contributed by atoms with E-state index in [-0.39, 0.29) is 11.1 Å². The number of ketones is 2. The van der Waals surface area contributed by atoms with Crippen molar-refractivity contribution in [2.75, 3.05) is 7.11 Å². The van der Waals surface area contributed by atoms with Crippen LogP contribution in [-0.2, 0) is 0 Å². The fourth-order valence-corrected chi connectivity index (χ4v) is 2.75. The van der Waals surface area contributed by atoms with E-state index in [1.807, 2.05) is 0 Å². The molecule has 7 nitrogen and oxygen atoms in total. The van der Waals surface area contributed by atoms with Crippen LogP contribution in [0.3, 0.4) is 0 Å². The number of nitro groups is 1. The molecule has 2 aromatic rings. The van der Waals surface area contributed by atoms with Gasteiger partial charge < -0.3 is 9.84 Å². The molecular formula is C18H13NO6. The van der Waals surface area contributed by atoms with Crippen LogP contribution in [0.1, 0.15) is 26.3 Å². The van der Waals surface area contributed by atoms with Crippen LogP contribution < -0.4 is 4.74 Å². The first-order chi connectivity index (χ1) is 11.9. The lowest BCUT2D eigenvalue weighted by molar-refractivity contribution is -0.435. The zero-order valence-corrected chi connectivity index (χ0v) is 13.1. The summed E-state index contributed by atoms with van der Waals surface area (Å²) in [6.07, 6.45) is 1.01. The fourth-order valence-electron chi connectivity index (χ4n) is 2.75. The molecule has 0 atom stereocenters. The van der Waals surface area contributed by atoms with Gasteiger partial charge in [0.2, 0.25) is 11.6 Å². The number of Topliss-reactive ketones (excluding diaryl/α,β-unsaturated/α-hetero) is 2. The molecule has 0 unspecified atom stereocenters. The number of hydrogen-bond acceptors (Lipinski definition) is 6. The minimum atomic E-state index is -2.84. The van der Waals surface area contributed by atoms with Crippen molar-refractivity contribution in [1.82, 2.24) is 0 Å². The minimum Gasteiger partial charge on any atom is -0.497 e. The van der Waals surface area contributed by atoms with E-state index in [0.29, 0.717) is 11.3 Å². The smallest absolute Gasteiger partial charge is 0.294 e. The standard InChI is InChI=1S/C18H13NO6/c1-25-12-8-6-11(7-9-12)10-15(19(23)24)18(22)16(20)13-4-2-3-5-14(13)17(18)21/h2-10,22H,1H3/b15-10-. The van der Waals surface area contributed by atoms with E-state index in [2.05, 4.69) is 0 Å². The molecule has 1 aliphatic carbocycles. The Morgan fingerprint density at radius 2 is 1.60 bits per heavy atom. The molecule has 0 spiro atoms. The average molecular weight is 339 g/mol. The lowest BCUT2D eigenvalue weighted by atomic mass is 9.92. The molecule has 3 rings (SSSR count). The molecule has 0 amide bonds. The Balaban J connectivity index is 2.12. The van der Waals surface area contributed by atoms with Crippen molar-refractivity contribution in [2.45, 2.75) is 5.60 Å². The number of rotatable bonds is 4. The van der Waals surface area contributed by atoms with Crippen LogP contribution in [0.5, 0.6) is 5.75 Å². The molecule has 0 radical (unpaired) electrons. The third kappa shape index (κ3) is 2.50. The second-order valence-corrected chi connectivity index (χ2v) is 5.47. The van der Waals surface area contributed by atoms with Crippen molar-refractivity contribution in [3.05, 3.63) is 81.0 Å². The first-order valence-corrected chi connectivity index (χ1v) is 7.31. The summed E-state index contributed by atoms with van der Waals surface area (Å²) in [6, 6.07) is 11.9. The molecule has 1 N–H and O–H groups in total. The highest BCUT2D eigenvalue weighted by Gasteiger charge is 2.60. The van der Waals surface area contributed by atoms with Crippen LogP contribution in [0, 0.1) is 10.1 Å². The second-order valence-electron chi connectivity index (χ2n) is 5.47. The Bertz CT molecular complexity index is 878. The molecule has 0 saturated heterocycles. The molecule has 126 valence electrons. The molecule has 2 aromatic carbocycles. The normalized spacial score (nSPS) is 15.8. The van der Waals surface area contributed by atoms with E-state index in [1.54, 1.807) is 12.1 Å². The van der Waals surface area contributed by atoms with Gasteiger partial charge in [0.05, 0.1) is 12.0 Å². The lowest BCUT2D eigenvalue weighted by Crippen LogP contribution is -2.45. The van der Waals surface area contributed by atoms with Gasteiger partial charge in [-0.15, -0.1) is 0 Å². The maximum Gasteiger partial charge on any atom is 0.294 e. The predicted octanol–water partition coefficient (Wildman–Crippen LogP) is 2.12. The highest BCUT2D eigenvalue weighted by molar-refractivity contribution is 6.33. The first kappa shape index (κ1) is 16.5. The second kappa shape index (κ2) is 5.95. The van der Waals surface area contributed by atoms with Crippen LogP contribution in [-0.4, -0.2) is 34.3 Å². The van der Waals surface area contributed by atoms with Crippen LogP contribution in [0.2, 0.25) is 0 Å². The minimum absolute atomic E-state index is 0.0301. The van der Waals surface area contributed by atoms with Gasteiger partial charge in [-0.05, 0) is 17.7 Å². The first-order valence-electron chi connectivity index (χ1n) is 7.31. The molecule has 0 aliphatic heterocycles. The summed E-state index contributed by atoms with van der Waals surface area (Å²) in [4.78, 5) is 35.7. The summed E-state index contributed by atoms with van der Waals surface area (Å²) in [6.45, 7) is 0. The Hall–Kier alpha value is -3.32. The number of carbonyl (C=O) groups is 2. The maximum atomic E-state index is 12.5. The van der Waals surface area contributed by atoms with Crippen molar-refractivity contribution in [3.63, 3.8) is 0 Å². The molecule has 0 fully saturated rings. The molecular weight excluding hydrogens is 326 g/mol. The van der Waals surface area contributed by atoms with Crippen molar-refractivity contribution in [2.24, 2.45) is 0 Å². The van der Waals surface area contributed by atoms with Crippen LogP contribution in [0.4, 0.5) is 0 Å². The predicted molar refractivity (Wildman–Crippen MR) is 88.0 cm³/mol. The number of fused-ring (bicyclic) bond motifs is 1. The third-order valence-corrected chi connectivity index (χ3v) is 4.06. The highest BCUT2D eigenvalue weighted by atomic mass is 16.6. The average Bonchev–Trinajstić information content (AvgIpc) is 2.82. The van der Waals surface area contributed by atoms with Crippen molar-refractivity contribution >= 4 is 17.6 Å². The van der Waals surface area contributed by atoms with Crippen LogP contribution >= 0.6 is 0 Å². The monoisotopic (exact) mass is 339 g/mol. The van der Waals surface area contributed by atoms with Crippen molar-refractivity contribution < 1.29 is 24.4 Å². The van der Waals surface area contributed by atoms with E-state index in [0.717, 1.165) is 6.08 Å². The number of aliphatic hydroxyl groups is 1. The van der Waals surface area contributed by atoms with E-state index in [1.165, 1.54) is 43.5 Å². The van der Waals surface area contributed by atoms with E-state index in [9.17, 15) is 24.8 Å². The van der Waals surface area contributed by atoms with Gasteiger partial charge in [-0.3, -0.25) is 19.7 Å². The largest absolute Gasteiger partial charge is 0.497 e. The van der Waals surface area contributed by atoms with E-state index < -0.39 is 27.8 Å². The summed E-state index contributed by atoms with van der Waals surface area (Å²) in [7, 11) is 1.48. The van der Waals surface area contributed by atoms with Gasteiger partial charge in [0, 0.05) is 17.2 Å². The van der Waals surface area contributed by atoms with Gasteiger partial charge >= 0.3 is 0 Å². The van der Waals surface area contributed by atoms with Crippen molar-refractivity contribution in [3.8, 4) is 5.75 Å². The molecule has 25 heavy (non-hydrogen) atoms. The third-order valence-electron chi connectivity index (χ3n) is 4.06. The number of nitrogens with zero attached hydrogens (tertiary/aromatic N) is 1. The number of carbonyl (C=O) groups excluding carboxylic acids is 2. The summed E-state index contributed by atoms with van der Waals surface area (Å²) < 4.78 is 5.01. The van der Waals surface area contributed by atoms with Crippen molar-refractivity contribution in [1.29, 1.82) is 0 Å². The summed E-state index contributed by atoms with van der Waals surface area (Å²) >= 11 is 0. The zero-order chi connectivity index (χ0) is 18.2. The Kier molecular flexibility index (Phi) is 3.94. The topological polar surface area (TPSA) is 107 Å². The van der Waals surface area contributed by atoms with Gasteiger partial charge in [0.25, 0.3) is 11.3 Å². The maximum absolute atomic E-state index is 12.5. The quantitative estimate of drug-likeness (QED) is 0.519. The van der Waals surface area contributed by atoms with Gasteiger partial charge in [-0.2, -0.15) is 0 Å². The molecule has 0 heterocycles. The summed E-state index contributed by atoms with van der Waals surface area (Å²) in [5.74, 6) is -1.45. The highest BCUT2D eigenvalue weighted by Crippen LogP contribution is 2.36. The number of benzene rings is 2. The van der Waals surface area contributed by atoms with Crippen LogP contribution in [0.15, 0.2) is 54.2 Å². The molecule has 7 heteroatoms. The van der Waals surface area contributed by atoms with E-state index >= 15 is 0 Å². The Morgan fingerprint density at radius 1 is 1.08 bits per heavy atom. The Morgan fingerprint density at radius 3 is 2.04 bits per heavy atom. The molecule has 0 saturated carbocycles. The van der Waals surface area contributed by atoms with E-state index in [4.69, 9.17) is 4.74 Å². The molecule has 1 aliphatic rings. The molecule has 0 bridgehead atoms. The summed E-state index contributed by atoms with van der Waals surface area (Å²) in [5, 5.41) is 22.2. The Labute approximate surface area is 142 Å². The van der Waals surface area contributed by atoms with Gasteiger partial charge in [-0.25, -0.2) is 0 Å². The van der Waals surface area contributed by atoms with Gasteiger partial charge in [0.1, 0.15) is 5.75 Å². The fraction of sp³-hybridized carbons (Fsp3) is 0.111. The lowest BCUT2D eigenvalue weighted by Gasteiger charge is -2.15. The van der Waals surface area contributed by atoms with Gasteiger partial charge in [0.15, 0.2) is 0 Å². The number of methoxy groups -OCH3 is 1. The van der Waals surface area contributed by atoms with Crippen LogP contribution in [0.25, 0.3) is 6.08 Å².